The Bertz CT molecular complexity index is 1640. The zero-order chi connectivity index (χ0) is 26.7. The predicted molar refractivity (Wildman–Crippen MR) is 143 cm³/mol. The number of fused-ring (bicyclic) bond motifs is 1. The van der Waals surface area contributed by atoms with Crippen molar-refractivity contribution >= 4 is 33.8 Å². The first-order chi connectivity index (χ1) is 17.7. The number of H-pyrrole nitrogens is 1. The Morgan fingerprint density at radius 1 is 1.14 bits per heavy atom. The van der Waals surface area contributed by atoms with E-state index < -0.39 is 11.5 Å². The summed E-state index contributed by atoms with van der Waals surface area (Å²) >= 11 is 0. The topological polar surface area (TPSA) is 153 Å². The van der Waals surface area contributed by atoms with E-state index in [1.165, 1.54) is 36.1 Å². The Balaban J connectivity index is 1.97. The Morgan fingerprint density at radius 3 is 2.49 bits per heavy atom. The number of amides is 1. The van der Waals surface area contributed by atoms with Crippen LogP contribution < -0.4 is 21.2 Å². The monoisotopic (exact) mass is 500 g/mol. The summed E-state index contributed by atoms with van der Waals surface area (Å²) in [5.74, 6) is -0.0786. The third kappa shape index (κ3) is 5.18. The first kappa shape index (κ1) is 25.1. The van der Waals surface area contributed by atoms with E-state index in [4.69, 9.17) is 15.3 Å². The second-order valence-electron chi connectivity index (χ2n) is 8.40. The number of allylic oxidation sites excluding steroid dienone is 2. The number of nitrogens with one attached hydrogen (secondary N) is 3. The van der Waals surface area contributed by atoms with Crippen molar-refractivity contribution < 1.29 is 14.6 Å². The molecule has 10 nitrogen and oxygen atoms in total. The highest BCUT2D eigenvalue weighted by molar-refractivity contribution is 6.23. The number of nitrogens with zero attached hydrogens (tertiary/aromatic N) is 2. The van der Waals surface area contributed by atoms with Gasteiger partial charge in [0, 0.05) is 48.1 Å². The number of benzene rings is 1. The van der Waals surface area contributed by atoms with E-state index in [0.29, 0.717) is 39.2 Å². The zero-order valence-electron chi connectivity index (χ0n) is 20.5. The van der Waals surface area contributed by atoms with Gasteiger partial charge in [-0.3, -0.25) is 19.4 Å². The maximum absolute atomic E-state index is 13.6. The van der Waals surface area contributed by atoms with E-state index in [1.807, 2.05) is 6.07 Å². The standard InChI is InChI=1S/C27H25N5O5/c1-15(28)25(16(2)33)20-10-17-11-21(26(35)31-18-7-8-24(34)30-13-18)27(36)32(22(17)12-23(20)37-3)14-19-6-4-5-9-29-19/h4-13,28,33H,14H2,1-3H3,(H,30,34)(H,31,35)/p+1/b25-16+,28-15?. The summed E-state index contributed by atoms with van der Waals surface area (Å²) in [6.45, 7) is 3.27. The van der Waals surface area contributed by atoms with Gasteiger partial charge >= 0.3 is 0 Å². The maximum Gasteiger partial charge on any atom is 0.264 e. The lowest BCUT2D eigenvalue weighted by Gasteiger charge is -2.17. The van der Waals surface area contributed by atoms with E-state index in [9.17, 15) is 14.4 Å². The number of ether oxygens (including phenoxy) is 1. The molecule has 0 radical (unpaired) electrons. The molecular formula is C27H26N5O5+. The van der Waals surface area contributed by atoms with Crippen LogP contribution >= 0.6 is 0 Å². The molecule has 0 aliphatic heterocycles. The fourth-order valence-electron chi connectivity index (χ4n) is 4.12. The maximum atomic E-state index is 13.6. The van der Waals surface area contributed by atoms with Crippen LogP contribution in [-0.4, -0.2) is 38.4 Å². The van der Waals surface area contributed by atoms with Gasteiger partial charge in [0.2, 0.25) is 11.3 Å². The van der Waals surface area contributed by atoms with Crippen molar-refractivity contribution in [3.63, 3.8) is 0 Å². The molecule has 1 aromatic carbocycles. The molecule has 0 saturated carbocycles. The number of aromatic amines is 1. The van der Waals surface area contributed by atoms with Crippen LogP contribution in [0.25, 0.3) is 16.5 Å². The van der Waals surface area contributed by atoms with Crippen molar-refractivity contribution in [1.29, 1.82) is 5.41 Å². The molecule has 10 heteroatoms. The van der Waals surface area contributed by atoms with E-state index >= 15 is 0 Å². The molecule has 0 bridgehead atoms. The Hall–Kier alpha value is -4.99. The molecule has 3 aromatic heterocycles. The minimum Gasteiger partial charge on any atom is -0.596 e. The van der Waals surface area contributed by atoms with Gasteiger partial charge < -0.3 is 30.1 Å². The van der Waals surface area contributed by atoms with Crippen LogP contribution in [0.4, 0.5) is 5.69 Å². The zero-order valence-corrected chi connectivity index (χ0v) is 20.5. The first-order valence-corrected chi connectivity index (χ1v) is 11.3. The molecule has 4 aromatic rings. The Labute approximate surface area is 211 Å². The average Bonchev–Trinajstić information content (AvgIpc) is 2.87. The summed E-state index contributed by atoms with van der Waals surface area (Å²) in [5, 5.41) is 19.6. The summed E-state index contributed by atoms with van der Waals surface area (Å²) in [6, 6.07) is 12.9. The molecule has 0 atom stereocenters. The summed E-state index contributed by atoms with van der Waals surface area (Å²) in [5.41, 5.74) is 1.54. The molecule has 0 saturated heterocycles. The van der Waals surface area contributed by atoms with Crippen LogP contribution in [0.3, 0.4) is 0 Å². The lowest BCUT2D eigenvalue weighted by atomic mass is 9.97. The number of pyridine rings is 3. The van der Waals surface area contributed by atoms with Crippen LogP contribution in [0, 0.1) is 5.41 Å². The quantitative estimate of drug-likeness (QED) is 0.202. The van der Waals surface area contributed by atoms with Gasteiger partial charge in [-0.15, -0.1) is 0 Å². The number of aromatic nitrogens is 3. The molecule has 1 amide bonds. The Kier molecular flexibility index (Phi) is 7.01. The van der Waals surface area contributed by atoms with Crippen LogP contribution in [0.15, 0.2) is 76.3 Å². The lowest BCUT2D eigenvalue weighted by Crippen LogP contribution is -2.30. The minimum atomic E-state index is -0.651. The van der Waals surface area contributed by atoms with Crippen molar-refractivity contribution in [3.05, 3.63) is 104 Å². The van der Waals surface area contributed by atoms with Crippen molar-refractivity contribution in [2.24, 2.45) is 0 Å². The molecule has 0 aliphatic rings. The molecule has 0 fully saturated rings. The van der Waals surface area contributed by atoms with Gasteiger partial charge in [0.15, 0.2) is 0 Å². The second kappa shape index (κ2) is 10.3. The molecule has 0 spiro atoms. The molecule has 3 heterocycles. The van der Waals surface area contributed by atoms with Crippen LogP contribution in [0.5, 0.6) is 5.75 Å². The van der Waals surface area contributed by atoms with Crippen molar-refractivity contribution in [2.45, 2.75) is 20.4 Å². The molecule has 4 rings (SSSR count). The highest BCUT2D eigenvalue weighted by Gasteiger charge is 2.22. The largest absolute Gasteiger partial charge is 0.596 e. The fourth-order valence-corrected chi connectivity index (χ4v) is 4.12. The smallest absolute Gasteiger partial charge is 0.264 e. The summed E-state index contributed by atoms with van der Waals surface area (Å²) in [7, 11) is 1.48. The third-order valence-electron chi connectivity index (χ3n) is 5.77. The van der Waals surface area contributed by atoms with Gasteiger partial charge in [-0.1, -0.05) is 6.07 Å². The van der Waals surface area contributed by atoms with Crippen molar-refractivity contribution in [3.8, 4) is 5.75 Å². The number of rotatable bonds is 7. The first-order valence-electron chi connectivity index (χ1n) is 11.3. The summed E-state index contributed by atoms with van der Waals surface area (Å²) in [6.07, 6.45) is 2.96. The van der Waals surface area contributed by atoms with E-state index in [0.717, 1.165) is 0 Å². The molecular weight excluding hydrogens is 474 g/mol. The van der Waals surface area contributed by atoms with Gasteiger partial charge in [-0.05, 0) is 37.3 Å². The summed E-state index contributed by atoms with van der Waals surface area (Å²) in [4.78, 5) is 45.0. The van der Waals surface area contributed by atoms with Gasteiger partial charge in [0.05, 0.1) is 36.1 Å². The molecule has 188 valence electrons. The number of carbonyl (C=O) groups excluding carboxylic acids is 1. The van der Waals surface area contributed by atoms with E-state index in [2.05, 4.69) is 15.3 Å². The summed E-state index contributed by atoms with van der Waals surface area (Å²) < 4.78 is 7.04. The number of hydrogen-bond donors (Lipinski definition) is 3. The number of hydrogen-bond acceptors (Lipinski definition) is 6. The van der Waals surface area contributed by atoms with Gasteiger partial charge in [-0.25, -0.2) is 0 Å². The normalized spacial score (nSPS) is 11.6. The predicted octanol–water partition coefficient (Wildman–Crippen LogP) is 2.89. The van der Waals surface area contributed by atoms with E-state index in [1.54, 1.807) is 44.3 Å². The fraction of sp³-hybridized carbons (Fsp3) is 0.148. The van der Waals surface area contributed by atoms with Crippen LogP contribution in [0.1, 0.15) is 35.5 Å². The van der Waals surface area contributed by atoms with E-state index in [-0.39, 0.29) is 29.1 Å². The number of anilines is 1. The van der Waals surface area contributed by atoms with Gasteiger partial charge in [0.1, 0.15) is 11.3 Å². The van der Waals surface area contributed by atoms with Crippen molar-refractivity contribution in [2.75, 3.05) is 12.4 Å². The minimum absolute atomic E-state index is 0.0994. The van der Waals surface area contributed by atoms with Crippen LogP contribution in [-0.2, 0) is 6.54 Å². The number of methoxy groups -OCH3 is 1. The SMILES string of the molecule is COc1cc2c(cc1/C(C(C)=N)=C(\C)[OH2+])cc(C(=O)Nc1ccc(=O)[nH]c1)c(=O)n2Cc1ccccn1. The van der Waals surface area contributed by atoms with Gasteiger partial charge in [0.25, 0.3) is 11.5 Å². The average molecular weight is 501 g/mol. The number of carbonyl (C=O) groups is 1. The molecule has 0 unspecified atom stereocenters. The molecule has 37 heavy (non-hydrogen) atoms. The lowest BCUT2D eigenvalue weighted by molar-refractivity contribution is 0.102. The van der Waals surface area contributed by atoms with Crippen molar-refractivity contribution in [1.82, 2.24) is 14.5 Å². The van der Waals surface area contributed by atoms with Gasteiger partial charge in [-0.2, -0.15) is 0 Å². The molecule has 5 N–H and O–H groups in total. The Morgan fingerprint density at radius 2 is 1.89 bits per heavy atom. The highest BCUT2D eigenvalue weighted by atomic mass is 16.5. The van der Waals surface area contributed by atoms with Crippen LogP contribution in [0.2, 0.25) is 0 Å². The third-order valence-corrected chi connectivity index (χ3v) is 5.77. The second-order valence-corrected chi connectivity index (χ2v) is 8.40. The highest BCUT2D eigenvalue weighted by Crippen LogP contribution is 2.33. The molecule has 0 aliphatic carbocycles.